The fourth-order valence-electron chi connectivity index (χ4n) is 1.53. The number of hydrogen-bond acceptors (Lipinski definition) is 3. The van der Waals surface area contributed by atoms with Gasteiger partial charge in [0.1, 0.15) is 11.8 Å². The Balaban J connectivity index is 2.06. The number of rotatable bonds is 3. The number of nitriles is 1. The highest BCUT2D eigenvalue weighted by Crippen LogP contribution is 2.17. The van der Waals surface area contributed by atoms with Crippen LogP contribution in [0.2, 0.25) is 5.02 Å². The number of benzene rings is 2. The van der Waals surface area contributed by atoms with E-state index in [1.807, 2.05) is 6.07 Å². The first-order valence-corrected chi connectivity index (χ1v) is 6.21. The molecule has 2 aromatic carbocycles. The predicted molar refractivity (Wildman–Crippen MR) is 77.3 cm³/mol. The topological polar surface area (TPSA) is 50.1 Å². The second kappa shape index (κ2) is 6.55. The van der Waals surface area contributed by atoms with Crippen molar-refractivity contribution in [1.82, 2.24) is 0 Å². The number of esters is 1. The lowest BCUT2D eigenvalue weighted by Crippen LogP contribution is -2.04. The minimum atomic E-state index is -0.539. The Kier molecular flexibility index (Phi) is 4.54. The van der Waals surface area contributed by atoms with Crippen LogP contribution in [0.15, 0.2) is 54.6 Å². The van der Waals surface area contributed by atoms with Crippen molar-refractivity contribution in [3.8, 4) is 11.8 Å². The van der Waals surface area contributed by atoms with Crippen LogP contribution < -0.4 is 4.74 Å². The van der Waals surface area contributed by atoms with E-state index in [-0.39, 0.29) is 5.75 Å². The average molecular weight is 284 g/mol. The number of halogens is 1. The average Bonchev–Trinajstić information content (AvgIpc) is 2.47. The number of para-hydroxylation sites is 1. The van der Waals surface area contributed by atoms with Gasteiger partial charge in [-0.3, -0.25) is 0 Å². The molecule has 20 heavy (non-hydrogen) atoms. The summed E-state index contributed by atoms with van der Waals surface area (Å²) < 4.78 is 5.11. The third kappa shape index (κ3) is 3.71. The van der Waals surface area contributed by atoms with E-state index < -0.39 is 5.97 Å². The van der Waals surface area contributed by atoms with Crippen LogP contribution in [-0.4, -0.2) is 5.97 Å². The van der Waals surface area contributed by atoms with Crippen molar-refractivity contribution in [2.24, 2.45) is 0 Å². The van der Waals surface area contributed by atoms with Crippen LogP contribution in [0.25, 0.3) is 6.08 Å². The largest absolute Gasteiger partial charge is 0.422 e. The Morgan fingerprint density at radius 2 is 1.85 bits per heavy atom. The van der Waals surface area contributed by atoms with Crippen LogP contribution in [-0.2, 0) is 4.79 Å². The van der Waals surface area contributed by atoms with Crippen molar-refractivity contribution in [2.75, 3.05) is 0 Å². The van der Waals surface area contributed by atoms with Crippen molar-refractivity contribution in [1.29, 1.82) is 5.26 Å². The van der Waals surface area contributed by atoms with Crippen molar-refractivity contribution in [2.45, 2.75) is 0 Å². The molecule has 0 bridgehead atoms. The molecule has 0 N–H and O–H groups in total. The van der Waals surface area contributed by atoms with Gasteiger partial charge in [-0.25, -0.2) is 4.79 Å². The minimum absolute atomic E-state index is 0.251. The zero-order valence-corrected chi connectivity index (χ0v) is 11.2. The van der Waals surface area contributed by atoms with E-state index >= 15 is 0 Å². The van der Waals surface area contributed by atoms with Gasteiger partial charge in [0, 0.05) is 11.1 Å². The van der Waals surface area contributed by atoms with E-state index in [1.54, 1.807) is 54.6 Å². The van der Waals surface area contributed by atoms with E-state index in [0.717, 1.165) is 5.56 Å². The normalized spacial score (nSPS) is 10.2. The molecule has 0 unspecified atom stereocenters. The lowest BCUT2D eigenvalue weighted by atomic mass is 10.2. The number of carbonyl (C=O) groups is 1. The SMILES string of the molecule is N#Cc1ccccc1OC(=O)/C=C/c1ccc(Cl)cc1. The van der Waals surface area contributed by atoms with Gasteiger partial charge >= 0.3 is 5.97 Å². The first-order chi connectivity index (χ1) is 9.69. The Morgan fingerprint density at radius 1 is 1.15 bits per heavy atom. The summed E-state index contributed by atoms with van der Waals surface area (Å²) in [5, 5.41) is 9.53. The standard InChI is InChI=1S/C16H10ClNO2/c17-14-8-5-12(6-9-14)7-10-16(19)20-15-4-2-1-3-13(15)11-18/h1-10H/b10-7+. The van der Waals surface area contributed by atoms with E-state index in [4.69, 9.17) is 21.6 Å². The molecule has 0 aliphatic rings. The maximum Gasteiger partial charge on any atom is 0.336 e. The second-order valence-corrected chi connectivity index (χ2v) is 4.35. The quantitative estimate of drug-likeness (QED) is 0.489. The summed E-state index contributed by atoms with van der Waals surface area (Å²) in [5.41, 5.74) is 1.15. The predicted octanol–water partition coefficient (Wildman–Crippen LogP) is 3.83. The first kappa shape index (κ1) is 13.9. The maximum atomic E-state index is 11.7. The van der Waals surface area contributed by atoms with Crippen LogP contribution in [0.5, 0.6) is 5.75 Å². The number of nitrogens with zero attached hydrogens (tertiary/aromatic N) is 1. The fourth-order valence-corrected chi connectivity index (χ4v) is 1.65. The number of ether oxygens (including phenoxy) is 1. The zero-order chi connectivity index (χ0) is 14.4. The summed E-state index contributed by atoms with van der Waals surface area (Å²) in [7, 11) is 0. The highest BCUT2D eigenvalue weighted by molar-refractivity contribution is 6.30. The molecule has 0 saturated carbocycles. The van der Waals surface area contributed by atoms with Crippen molar-refractivity contribution >= 4 is 23.6 Å². The molecule has 4 heteroatoms. The van der Waals surface area contributed by atoms with Gasteiger partial charge in [-0.1, -0.05) is 35.9 Å². The van der Waals surface area contributed by atoms with Crippen LogP contribution in [0.3, 0.4) is 0 Å². The van der Waals surface area contributed by atoms with Gasteiger partial charge in [-0.2, -0.15) is 5.26 Å². The van der Waals surface area contributed by atoms with Crippen LogP contribution >= 0.6 is 11.6 Å². The molecule has 0 saturated heterocycles. The van der Waals surface area contributed by atoms with Gasteiger partial charge in [0.05, 0.1) is 5.56 Å². The van der Waals surface area contributed by atoms with Crippen molar-refractivity contribution in [3.05, 3.63) is 70.8 Å². The van der Waals surface area contributed by atoms with Crippen molar-refractivity contribution in [3.63, 3.8) is 0 Å². The summed E-state index contributed by atoms with van der Waals surface area (Å²) in [4.78, 5) is 11.7. The lowest BCUT2D eigenvalue weighted by Gasteiger charge is -2.02. The van der Waals surface area contributed by atoms with Crippen LogP contribution in [0.1, 0.15) is 11.1 Å². The molecule has 0 aromatic heterocycles. The Hall–Kier alpha value is -2.57. The summed E-state index contributed by atoms with van der Waals surface area (Å²) in [6.45, 7) is 0. The van der Waals surface area contributed by atoms with E-state index in [9.17, 15) is 4.79 Å². The highest BCUT2D eigenvalue weighted by atomic mass is 35.5. The summed E-state index contributed by atoms with van der Waals surface area (Å²) in [6, 6.07) is 15.6. The third-order valence-electron chi connectivity index (χ3n) is 2.50. The van der Waals surface area contributed by atoms with Crippen LogP contribution in [0, 0.1) is 11.3 Å². The van der Waals surface area contributed by atoms with E-state index in [1.165, 1.54) is 6.08 Å². The van der Waals surface area contributed by atoms with Gasteiger partial charge in [0.2, 0.25) is 0 Å². The number of carbonyl (C=O) groups excluding carboxylic acids is 1. The molecule has 2 rings (SSSR count). The third-order valence-corrected chi connectivity index (χ3v) is 2.75. The smallest absolute Gasteiger partial charge is 0.336 e. The monoisotopic (exact) mass is 283 g/mol. The molecule has 0 fully saturated rings. The molecule has 0 heterocycles. The zero-order valence-electron chi connectivity index (χ0n) is 10.4. The molecule has 3 nitrogen and oxygen atoms in total. The number of hydrogen-bond donors (Lipinski definition) is 0. The molecule has 98 valence electrons. The summed E-state index contributed by atoms with van der Waals surface area (Å²) in [6.07, 6.45) is 2.92. The van der Waals surface area contributed by atoms with Gasteiger partial charge in [-0.15, -0.1) is 0 Å². The first-order valence-electron chi connectivity index (χ1n) is 5.83. The summed E-state index contributed by atoms with van der Waals surface area (Å²) >= 11 is 5.77. The van der Waals surface area contributed by atoms with Gasteiger partial charge in [-0.05, 0) is 35.9 Å². The molecule has 0 radical (unpaired) electrons. The maximum absolute atomic E-state index is 11.7. The van der Waals surface area contributed by atoms with E-state index in [0.29, 0.717) is 10.6 Å². The Morgan fingerprint density at radius 3 is 2.55 bits per heavy atom. The molecule has 0 aliphatic carbocycles. The van der Waals surface area contributed by atoms with Gasteiger partial charge < -0.3 is 4.74 Å². The molecule has 0 aliphatic heterocycles. The Labute approximate surface area is 121 Å². The molecule has 0 atom stereocenters. The molecule has 0 spiro atoms. The van der Waals surface area contributed by atoms with Crippen molar-refractivity contribution < 1.29 is 9.53 Å². The molecule has 0 amide bonds. The van der Waals surface area contributed by atoms with Crippen LogP contribution in [0.4, 0.5) is 0 Å². The van der Waals surface area contributed by atoms with E-state index in [2.05, 4.69) is 0 Å². The summed E-state index contributed by atoms with van der Waals surface area (Å²) in [5.74, 6) is -0.289. The minimum Gasteiger partial charge on any atom is -0.422 e. The lowest BCUT2D eigenvalue weighted by molar-refractivity contribution is -0.128. The molecular formula is C16H10ClNO2. The second-order valence-electron chi connectivity index (χ2n) is 3.91. The van der Waals surface area contributed by atoms with Gasteiger partial charge in [0.25, 0.3) is 0 Å². The molecule has 2 aromatic rings. The molecular weight excluding hydrogens is 274 g/mol. The Bertz CT molecular complexity index is 684. The van der Waals surface area contributed by atoms with Gasteiger partial charge in [0.15, 0.2) is 0 Å². The highest BCUT2D eigenvalue weighted by Gasteiger charge is 2.05. The fraction of sp³-hybridized carbons (Fsp3) is 0.